The third-order valence-corrected chi connectivity index (χ3v) is 8.64. The van der Waals surface area contributed by atoms with Crippen molar-refractivity contribution in [2.75, 3.05) is 31.1 Å². The number of fused-ring (bicyclic) bond motifs is 3. The standard InChI is InChI=1S/C27H32N2O7S/c1-26(2)13-20-14-27(3,16-26)17-29(20)24(30)15-36-25(31)18-4-6-19(7-5-18)28-37(32,33)21-8-9-22-23(12-21)35-11-10-34-22/h4-9,12,20,28H,10-11,13-17H2,1-3H3/t20-,27-/m0/s1. The molecule has 0 spiro atoms. The number of likely N-dealkylation sites (tertiary alicyclic amines) is 1. The molecule has 2 heterocycles. The fourth-order valence-corrected chi connectivity index (χ4v) is 7.20. The molecule has 0 aromatic heterocycles. The average molecular weight is 529 g/mol. The van der Waals surface area contributed by atoms with Crippen molar-refractivity contribution in [1.82, 2.24) is 4.90 Å². The summed E-state index contributed by atoms with van der Waals surface area (Å²) in [5.74, 6) is 0.0567. The first kappa shape index (κ1) is 25.4. The summed E-state index contributed by atoms with van der Waals surface area (Å²) < 4.78 is 44.3. The van der Waals surface area contributed by atoms with Crippen molar-refractivity contribution < 1.29 is 32.2 Å². The number of ether oxygens (including phenoxy) is 3. The topological polar surface area (TPSA) is 111 Å². The predicted molar refractivity (Wildman–Crippen MR) is 136 cm³/mol. The normalized spacial score (nSPS) is 23.9. The average Bonchev–Trinajstić information content (AvgIpc) is 3.10. The van der Waals surface area contributed by atoms with Crippen LogP contribution in [-0.4, -0.2) is 57.6 Å². The fourth-order valence-electron chi connectivity index (χ4n) is 6.12. The fraction of sp³-hybridized carbons (Fsp3) is 0.481. The quantitative estimate of drug-likeness (QED) is 0.567. The third kappa shape index (κ3) is 5.39. The first-order valence-electron chi connectivity index (χ1n) is 12.4. The highest BCUT2D eigenvalue weighted by atomic mass is 32.2. The lowest BCUT2D eigenvalue weighted by Crippen LogP contribution is -2.39. The van der Waals surface area contributed by atoms with Crippen LogP contribution in [0.15, 0.2) is 47.4 Å². The van der Waals surface area contributed by atoms with Crippen molar-refractivity contribution in [2.24, 2.45) is 10.8 Å². The summed E-state index contributed by atoms with van der Waals surface area (Å²) in [4.78, 5) is 27.3. The number of nitrogens with one attached hydrogen (secondary N) is 1. The van der Waals surface area contributed by atoms with E-state index in [0.717, 1.165) is 19.3 Å². The number of hydrogen-bond donors (Lipinski definition) is 1. The van der Waals surface area contributed by atoms with Crippen LogP contribution in [-0.2, 0) is 19.6 Å². The van der Waals surface area contributed by atoms with Crippen LogP contribution < -0.4 is 14.2 Å². The highest BCUT2D eigenvalue weighted by molar-refractivity contribution is 7.92. The number of carbonyl (C=O) groups is 2. The monoisotopic (exact) mass is 528 g/mol. The maximum atomic E-state index is 12.9. The number of hydrogen-bond acceptors (Lipinski definition) is 7. The predicted octanol–water partition coefficient (Wildman–Crippen LogP) is 3.84. The lowest BCUT2D eigenvalue weighted by atomic mass is 9.65. The number of amides is 1. The Bertz CT molecular complexity index is 1320. The van der Waals surface area contributed by atoms with Gasteiger partial charge in [0.15, 0.2) is 18.1 Å². The summed E-state index contributed by atoms with van der Waals surface area (Å²) in [6.07, 6.45) is 3.01. The number of rotatable bonds is 6. The number of benzene rings is 2. The molecule has 5 rings (SSSR count). The van der Waals surface area contributed by atoms with Crippen molar-refractivity contribution in [3.8, 4) is 11.5 Å². The van der Waals surface area contributed by atoms with Gasteiger partial charge in [0, 0.05) is 24.3 Å². The molecule has 9 nitrogen and oxygen atoms in total. The number of sulfonamides is 1. The molecule has 2 fully saturated rings. The minimum absolute atomic E-state index is 0.0300. The zero-order valence-corrected chi connectivity index (χ0v) is 22.1. The van der Waals surface area contributed by atoms with Gasteiger partial charge in [-0.05, 0) is 66.5 Å². The van der Waals surface area contributed by atoms with Gasteiger partial charge >= 0.3 is 5.97 Å². The molecule has 0 unspecified atom stereocenters. The Labute approximate surface area is 217 Å². The second-order valence-corrected chi connectivity index (χ2v) is 13.0. The van der Waals surface area contributed by atoms with E-state index in [9.17, 15) is 18.0 Å². The van der Waals surface area contributed by atoms with Gasteiger partial charge in [0.25, 0.3) is 15.9 Å². The van der Waals surface area contributed by atoms with Crippen molar-refractivity contribution in [3.63, 3.8) is 0 Å². The van der Waals surface area contributed by atoms with Gasteiger partial charge in [-0.3, -0.25) is 9.52 Å². The van der Waals surface area contributed by atoms with Gasteiger partial charge in [0.2, 0.25) is 0 Å². The molecule has 2 aromatic carbocycles. The molecule has 1 saturated carbocycles. The van der Waals surface area contributed by atoms with E-state index in [4.69, 9.17) is 14.2 Å². The molecule has 198 valence electrons. The van der Waals surface area contributed by atoms with E-state index in [1.165, 1.54) is 36.4 Å². The third-order valence-electron chi connectivity index (χ3n) is 7.26. The number of esters is 1. The molecule has 37 heavy (non-hydrogen) atoms. The van der Waals surface area contributed by atoms with Gasteiger partial charge < -0.3 is 19.1 Å². The van der Waals surface area contributed by atoms with E-state index in [0.29, 0.717) is 31.3 Å². The van der Waals surface area contributed by atoms with Crippen LogP contribution in [0.5, 0.6) is 11.5 Å². The Morgan fingerprint density at radius 1 is 1.03 bits per heavy atom. The van der Waals surface area contributed by atoms with E-state index in [1.54, 1.807) is 6.07 Å². The summed E-state index contributed by atoms with van der Waals surface area (Å²) in [5.41, 5.74) is 0.801. The van der Waals surface area contributed by atoms with Crippen molar-refractivity contribution >= 4 is 27.6 Å². The Hall–Kier alpha value is -3.27. The minimum atomic E-state index is -3.88. The molecule has 1 saturated heterocycles. The molecule has 2 bridgehead atoms. The van der Waals surface area contributed by atoms with Gasteiger partial charge in [-0.25, -0.2) is 13.2 Å². The molecule has 1 N–H and O–H groups in total. The van der Waals surface area contributed by atoms with E-state index in [1.807, 2.05) is 4.90 Å². The Morgan fingerprint density at radius 2 is 1.73 bits per heavy atom. The van der Waals surface area contributed by atoms with Crippen LogP contribution in [0.1, 0.15) is 50.4 Å². The first-order chi connectivity index (χ1) is 17.4. The highest BCUT2D eigenvalue weighted by Crippen LogP contribution is 2.52. The van der Waals surface area contributed by atoms with Crippen molar-refractivity contribution in [2.45, 2.75) is 51.0 Å². The summed E-state index contributed by atoms with van der Waals surface area (Å²) >= 11 is 0. The highest BCUT2D eigenvalue weighted by Gasteiger charge is 2.50. The van der Waals surface area contributed by atoms with Gasteiger partial charge in [0.1, 0.15) is 13.2 Å². The maximum absolute atomic E-state index is 12.9. The van der Waals surface area contributed by atoms with E-state index in [2.05, 4.69) is 25.5 Å². The van der Waals surface area contributed by atoms with Crippen molar-refractivity contribution in [1.29, 1.82) is 0 Å². The lowest BCUT2D eigenvalue weighted by Gasteiger charge is -2.39. The van der Waals surface area contributed by atoms with E-state index in [-0.39, 0.29) is 45.5 Å². The molecule has 0 radical (unpaired) electrons. The second-order valence-electron chi connectivity index (χ2n) is 11.3. The smallest absolute Gasteiger partial charge is 0.338 e. The number of carbonyl (C=O) groups excluding carboxylic acids is 2. The molecule has 1 amide bonds. The molecule has 2 aliphatic heterocycles. The summed E-state index contributed by atoms with van der Waals surface area (Å²) in [7, 11) is -3.88. The minimum Gasteiger partial charge on any atom is -0.486 e. The van der Waals surface area contributed by atoms with Crippen molar-refractivity contribution in [3.05, 3.63) is 48.0 Å². The Balaban J connectivity index is 1.18. The zero-order chi connectivity index (χ0) is 26.4. The van der Waals surface area contributed by atoms with Gasteiger partial charge in [-0.15, -0.1) is 0 Å². The van der Waals surface area contributed by atoms with Gasteiger partial charge in [-0.1, -0.05) is 20.8 Å². The molecular weight excluding hydrogens is 496 g/mol. The van der Waals surface area contributed by atoms with Crippen LogP contribution in [0.25, 0.3) is 0 Å². The van der Waals surface area contributed by atoms with Gasteiger partial charge in [-0.2, -0.15) is 0 Å². The zero-order valence-electron chi connectivity index (χ0n) is 21.3. The number of anilines is 1. The van der Waals surface area contributed by atoms with Crippen LogP contribution >= 0.6 is 0 Å². The maximum Gasteiger partial charge on any atom is 0.338 e. The van der Waals surface area contributed by atoms with Crippen LogP contribution in [0, 0.1) is 10.8 Å². The van der Waals surface area contributed by atoms with Gasteiger partial charge in [0.05, 0.1) is 10.5 Å². The largest absolute Gasteiger partial charge is 0.486 e. The first-order valence-corrected chi connectivity index (χ1v) is 13.9. The molecule has 1 aliphatic carbocycles. The Kier molecular flexibility index (Phi) is 6.34. The van der Waals surface area contributed by atoms with E-state index >= 15 is 0 Å². The molecular formula is C27H32N2O7S. The SMILES string of the molecule is CC1(C)C[C@H]2C[C@](C)(CN2C(=O)COC(=O)c2ccc(NS(=O)(=O)c3ccc4c(c3)OCCO4)cc2)C1. The molecule has 10 heteroatoms. The summed E-state index contributed by atoms with van der Waals surface area (Å²) in [6.45, 7) is 7.85. The second kappa shape index (κ2) is 9.24. The summed E-state index contributed by atoms with van der Waals surface area (Å²) in [5, 5.41) is 0. The van der Waals surface area contributed by atoms with E-state index < -0.39 is 16.0 Å². The van der Waals surface area contributed by atoms with Crippen LogP contribution in [0.2, 0.25) is 0 Å². The van der Waals surface area contributed by atoms with Crippen LogP contribution in [0.3, 0.4) is 0 Å². The lowest BCUT2D eigenvalue weighted by molar-refractivity contribution is -0.135. The molecule has 2 aromatic rings. The molecule has 2 atom stereocenters. The molecule has 3 aliphatic rings. The Morgan fingerprint density at radius 3 is 2.46 bits per heavy atom. The van der Waals surface area contributed by atoms with Crippen LogP contribution in [0.4, 0.5) is 5.69 Å². The number of nitrogens with zero attached hydrogens (tertiary/aromatic N) is 1. The summed E-state index contributed by atoms with van der Waals surface area (Å²) in [6, 6.07) is 10.5.